The minimum atomic E-state index is -4.50. The van der Waals surface area contributed by atoms with Crippen molar-refractivity contribution in [1.82, 2.24) is 25.3 Å². The summed E-state index contributed by atoms with van der Waals surface area (Å²) in [7, 11) is 0. The van der Waals surface area contributed by atoms with Gasteiger partial charge in [-0.25, -0.2) is 4.68 Å². The molecule has 3 rings (SSSR count). The number of piperazine rings is 1. The minimum absolute atomic E-state index is 0.259. The average Bonchev–Trinajstić information content (AvgIpc) is 3.13. The van der Waals surface area contributed by atoms with Gasteiger partial charge in [0.15, 0.2) is 5.69 Å². The Labute approximate surface area is 149 Å². The third-order valence-corrected chi connectivity index (χ3v) is 4.18. The molecule has 1 aliphatic rings. The van der Waals surface area contributed by atoms with E-state index in [-0.39, 0.29) is 5.91 Å². The summed E-state index contributed by atoms with van der Waals surface area (Å²) in [5.74, 6) is -0.259. The molecule has 1 aliphatic heterocycles. The van der Waals surface area contributed by atoms with Gasteiger partial charge in [0.1, 0.15) is 0 Å². The van der Waals surface area contributed by atoms with Gasteiger partial charge >= 0.3 is 6.18 Å². The number of benzene rings is 1. The van der Waals surface area contributed by atoms with Crippen LogP contribution >= 0.6 is 0 Å². The quantitative estimate of drug-likeness (QED) is 0.841. The zero-order chi connectivity index (χ0) is 18.6. The van der Waals surface area contributed by atoms with Crippen molar-refractivity contribution in [3.63, 3.8) is 0 Å². The van der Waals surface area contributed by atoms with Crippen LogP contribution in [0.2, 0.25) is 0 Å². The summed E-state index contributed by atoms with van der Waals surface area (Å²) in [6, 6.07) is 7.27. The van der Waals surface area contributed by atoms with Crippen LogP contribution in [-0.4, -0.2) is 59.9 Å². The van der Waals surface area contributed by atoms with Crippen LogP contribution in [0.3, 0.4) is 0 Å². The first kappa shape index (κ1) is 18.4. The normalized spacial score (nSPS) is 15.8. The first-order valence-corrected chi connectivity index (χ1v) is 8.38. The van der Waals surface area contributed by atoms with E-state index in [4.69, 9.17) is 0 Å². The second-order valence-corrected chi connectivity index (χ2v) is 6.04. The van der Waals surface area contributed by atoms with Gasteiger partial charge in [-0.15, -0.1) is 0 Å². The van der Waals surface area contributed by atoms with Crippen LogP contribution in [0, 0.1) is 0 Å². The Bertz CT molecular complexity index is 753. The molecule has 6 nitrogen and oxygen atoms in total. The molecule has 1 aromatic heterocycles. The number of halogens is 3. The van der Waals surface area contributed by atoms with E-state index < -0.39 is 11.9 Å². The molecule has 0 bridgehead atoms. The highest BCUT2D eigenvalue weighted by Crippen LogP contribution is 2.27. The van der Waals surface area contributed by atoms with Crippen molar-refractivity contribution in [2.75, 3.05) is 39.3 Å². The lowest BCUT2D eigenvalue weighted by atomic mass is 10.2. The number of hydrogen-bond donors (Lipinski definition) is 2. The summed E-state index contributed by atoms with van der Waals surface area (Å²) in [4.78, 5) is 14.5. The number of amides is 1. The van der Waals surface area contributed by atoms with Gasteiger partial charge in [0.05, 0.1) is 5.69 Å². The number of rotatable bonds is 5. The van der Waals surface area contributed by atoms with Crippen molar-refractivity contribution in [1.29, 1.82) is 0 Å². The fourth-order valence-corrected chi connectivity index (χ4v) is 2.77. The predicted octanol–water partition coefficient (Wildman–Crippen LogP) is 1.53. The Morgan fingerprint density at radius 3 is 2.69 bits per heavy atom. The van der Waals surface area contributed by atoms with Crippen molar-refractivity contribution < 1.29 is 18.0 Å². The van der Waals surface area contributed by atoms with Crippen molar-refractivity contribution in [2.45, 2.75) is 6.18 Å². The highest BCUT2D eigenvalue weighted by molar-refractivity contribution is 5.94. The van der Waals surface area contributed by atoms with Gasteiger partial charge in [0.2, 0.25) is 0 Å². The Morgan fingerprint density at radius 2 is 2.00 bits per heavy atom. The molecule has 0 unspecified atom stereocenters. The summed E-state index contributed by atoms with van der Waals surface area (Å²) >= 11 is 0. The molecule has 2 heterocycles. The van der Waals surface area contributed by atoms with Gasteiger partial charge in [-0.1, -0.05) is 6.07 Å². The van der Waals surface area contributed by atoms with Crippen LogP contribution in [0.5, 0.6) is 0 Å². The Balaban J connectivity index is 1.61. The molecule has 140 valence electrons. The first-order chi connectivity index (χ1) is 12.4. The topological polar surface area (TPSA) is 62.2 Å². The maximum absolute atomic E-state index is 12.7. The molecule has 0 radical (unpaired) electrons. The van der Waals surface area contributed by atoms with E-state index in [1.54, 1.807) is 18.2 Å². The number of hydrogen-bond acceptors (Lipinski definition) is 4. The first-order valence-electron chi connectivity index (χ1n) is 8.38. The third-order valence-electron chi connectivity index (χ3n) is 4.18. The molecular weight excluding hydrogens is 347 g/mol. The maximum Gasteiger partial charge on any atom is 0.435 e. The lowest BCUT2D eigenvalue weighted by Gasteiger charge is -2.27. The van der Waals surface area contributed by atoms with E-state index in [9.17, 15) is 18.0 Å². The molecule has 0 saturated carbocycles. The summed E-state index contributed by atoms with van der Waals surface area (Å²) in [6.45, 7) is 5.07. The van der Waals surface area contributed by atoms with Crippen LogP contribution in [0.25, 0.3) is 5.69 Å². The van der Waals surface area contributed by atoms with E-state index in [0.29, 0.717) is 17.8 Å². The standard InChI is InChI=1S/C17H20F3N5O/c18-17(19,20)15-4-8-25(23-15)14-3-1-2-13(12-14)16(26)22-7-11-24-9-5-21-6-10-24/h1-4,8,12,21H,5-7,9-11H2,(H,22,26). The number of nitrogens with zero attached hydrogens (tertiary/aromatic N) is 3. The molecule has 2 aromatic rings. The molecular formula is C17H20F3N5O. The van der Waals surface area contributed by atoms with Gasteiger partial charge in [-0.05, 0) is 24.3 Å². The Hall–Kier alpha value is -2.39. The lowest BCUT2D eigenvalue weighted by Crippen LogP contribution is -2.46. The fraction of sp³-hybridized carbons (Fsp3) is 0.412. The second-order valence-electron chi connectivity index (χ2n) is 6.04. The molecule has 0 aliphatic carbocycles. The number of carbonyl (C=O) groups is 1. The lowest BCUT2D eigenvalue weighted by molar-refractivity contribution is -0.141. The maximum atomic E-state index is 12.7. The van der Waals surface area contributed by atoms with E-state index in [2.05, 4.69) is 20.6 Å². The van der Waals surface area contributed by atoms with E-state index >= 15 is 0 Å². The highest BCUT2D eigenvalue weighted by Gasteiger charge is 2.33. The number of nitrogens with one attached hydrogen (secondary N) is 2. The van der Waals surface area contributed by atoms with Crippen LogP contribution in [-0.2, 0) is 6.18 Å². The Kier molecular flexibility index (Phi) is 5.58. The Morgan fingerprint density at radius 1 is 1.23 bits per heavy atom. The van der Waals surface area contributed by atoms with Gasteiger partial charge < -0.3 is 10.6 Å². The summed E-state index contributed by atoms with van der Waals surface area (Å²) in [5.41, 5.74) is -0.189. The summed E-state index contributed by atoms with van der Waals surface area (Å²) in [5, 5.41) is 9.63. The van der Waals surface area contributed by atoms with E-state index in [1.165, 1.54) is 12.3 Å². The molecule has 1 amide bonds. The second kappa shape index (κ2) is 7.88. The molecule has 1 saturated heterocycles. The van der Waals surface area contributed by atoms with E-state index in [1.807, 2.05) is 0 Å². The monoisotopic (exact) mass is 367 g/mol. The summed E-state index contributed by atoms with van der Waals surface area (Å²) < 4.78 is 39.1. The van der Waals surface area contributed by atoms with Crippen molar-refractivity contribution in [3.05, 3.63) is 47.8 Å². The molecule has 1 fully saturated rings. The molecule has 2 N–H and O–H groups in total. The number of alkyl halides is 3. The van der Waals surface area contributed by atoms with Crippen molar-refractivity contribution in [2.24, 2.45) is 0 Å². The smallest absolute Gasteiger partial charge is 0.351 e. The molecule has 26 heavy (non-hydrogen) atoms. The fourth-order valence-electron chi connectivity index (χ4n) is 2.77. The minimum Gasteiger partial charge on any atom is -0.351 e. The largest absolute Gasteiger partial charge is 0.435 e. The number of carbonyl (C=O) groups excluding carboxylic acids is 1. The van der Waals surface area contributed by atoms with Gasteiger partial charge in [0, 0.05) is 51.0 Å². The SMILES string of the molecule is O=C(NCCN1CCNCC1)c1cccc(-n2ccc(C(F)(F)F)n2)c1. The molecule has 0 atom stereocenters. The highest BCUT2D eigenvalue weighted by atomic mass is 19.4. The zero-order valence-electron chi connectivity index (χ0n) is 14.1. The van der Waals surface area contributed by atoms with Gasteiger partial charge in [-0.2, -0.15) is 18.3 Å². The van der Waals surface area contributed by atoms with Crippen LogP contribution in [0.15, 0.2) is 36.5 Å². The average molecular weight is 367 g/mol. The van der Waals surface area contributed by atoms with Crippen LogP contribution in [0.4, 0.5) is 13.2 Å². The van der Waals surface area contributed by atoms with Crippen LogP contribution < -0.4 is 10.6 Å². The van der Waals surface area contributed by atoms with E-state index in [0.717, 1.165) is 43.5 Å². The van der Waals surface area contributed by atoms with Crippen molar-refractivity contribution >= 4 is 5.91 Å². The molecule has 1 aromatic carbocycles. The molecule has 0 spiro atoms. The van der Waals surface area contributed by atoms with Gasteiger partial charge in [0.25, 0.3) is 5.91 Å². The third kappa shape index (κ3) is 4.61. The number of aromatic nitrogens is 2. The van der Waals surface area contributed by atoms with Crippen LogP contribution in [0.1, 0.15) is 16.1 Å². The zero-order valence-corrected chi connectivity index (χ0v) is 14.1. The summed E-state index contributed by atoms with van der Waals surface area (Å²) in [6.07, 6.45) is -3.27. The van der Waals surface area contributed by atoms with Crippen molar-refractivity contribution in [3.8, 4) is 5.69 Å². The van der Waals surface area contributed by atoms with Gasteiger partial charge in [-0.3, -0.25) is 9.69 Å². The predicted molar refractivity (Wildman–Crippen MR) is 90.2 cm³/mol. The molecule has 9 heteroatoms.